The largest absolute Gasteiger partial charge is 0.361 e. The molecule has 412 valence electrons. The molecule has 2 heteroatoms. The summed E-state index contributed by atoms with van der Waals surface area (Å²) in [4.78, 5) is 2.44. The van der Waals surface area contributed by atoms with Gasteiger partial charge in [-0.05, 0) is 171 Å². The second-order valence-corrected chi connectivity index (χ2v) is 23.4. The zero-order valence-corrected chi connectivity index (χ0v) is 48.4. The van der Waals surface area contributed by atoms with Gasteiger partial charge in [0.2, 0.25) is 0 Å². The average molecular weight is 1120 g/mol. The lowest BCUT2D eigenvalue weighted by molar-refractivity contribution is 0.761. The van der Waals surface area contributed by atoms with Crippen molar-refractivity contribution in [1.29, 1.82) is 0 Å². The fraction of sp³-hybridized carbons (Fsp3) is 0.0233. The Balaban J connectivity index is 0.778. The minimum atomic E-state index is -0.553. The summed E-state index contributed by atoms with van der Waals surface area (Å²) in [5.41, 5.74) is 31.7. The molecule has 13 aromatic carbocycles. The van der Waals surface area contributed by atoms with Gasteiger partial charge in [-0.15, -0.1) is 0 Å². The Morgan fingerprint density at radius 2 is 0.659 bits per heavy atom. The van der Waals surface area contributed by atoms with Crippen LogP contribution in [0, 0.1) is 0 Å². The Kier molecular flexibility index (Phi) is 12.0. The summed E-state index contributed by atoms with van der Waals surface area (Å²) in [5, 5.41) is 3.79. The number of benzene rings is 13. The molecule has 2 nitrogen and oxygen atoms in total. The molecule has 0 amide bonds. The molecule has 1 aliphatic heterocycles. The fourth-order valence-corrected chi connectivity index (χ4v) is 15.4. The summed E-state index contributed by atoms with van der Waals surface area (Å²) in [5.74, 6) is 0. The molecular weight excluding hydrogens is 1060 g/mol. The SMILES string of the molecule is C1=C\C2=C(c3ccccc3-c3ccc(-c4ccccc4-c4ccc(N(c5ccc(-c6ccccc6)cc5)c5ccc6c(c5)C5(c7ccccc7-c7ccccc75)c5ccccc5-6)cc4)cc3N/C=C/1)c1ccccc1C2(c1ccccc1)c1ccccc1. The molecule has 88 heavy (non-hydrogen) atoms. The third kappa shape index (κ3) is 7.75. The van der Waals surface area contributed by atoms with E-state index in [9.17, 15) is 0 Å². The molecule has 4 aliphatic rings. The maximum Gasteiger partial charge on any atom is 0.0726 e. The number of fused-ring (bicyclic) bond motifs is 16. The Labute approximate surface area is 514 Å². The topological polar surface area (TPSA) is 15.3 Å². The predicted octanol–water partition coefficient (Wildman–Crippen LogP) is 21.8. The van der Waals surface area contributed by atoms with Gasteiger partial charge < -0.3 is 10.2 Å². The molecular formula is C86H58N2. The Bertz CT molecular complexity index is 4870. The van der Waals surface area contributed by atoms with Crippen molar-refractivity contribution < 1.29 is 0 Å². The molecule has 1 N–H and O–H groups in total. The van der Waals surface area contributed by atoms with E-state index < -0.39 is 10.8 Å². The van der Waals surface area contributed by atoms with Crippen molar-refractivity contribution in [3.63, 3.8) is 0 Å². The van der Waals surface area contributed by atoms with Crippen LogP contribution in [0.25, 0.3) is 72.3 Å². The van der Waals surface area contributed by atoms with Gasteiger partial charge in [0.25, 0.3) is 0 Å². The van der Waals surface area contributed by atoms with Crippen molar-refractivity contribution in [3.05, 3.63) is 402 Å². The minimum Gasteiger partial charge on any atom is -0.361 e. The lowest BCUT2D eigenvalue weighted by Crippen LogP contribution is -2.29. The summed E-state index contributed by atoms with van der Waals surface area (Å²) in [6.45, 7) is 0. The van der Waals surface area contributed by atoms with Gasteiger partial charge in [0, 0.05) is 34.5 Å². The predicted molar refractivity (Wildman–Crippen MR) is 366 cm³/mol. The lowest BCUT2D eigenvalue weighted by atomic mass is 9.66. The minimum absolute atomic E-state index is 0.466. The fourth-order valence-electron chi connectivity index (χ4n) is 15.4. The number of hydrogen-bond acceptors (Lipinski definition) is 2. The third-order valence-corrected chi connectivity index (χ3v) is 19.0. The molecule has 13 aromatic rings. The van der Waals surface area contributed by atoms with Crippen LogP contribution in [0.5, 0.6) is 0 Å². The average Bonchev–Trinajstić information content (AvgIpc) is 1.53. The van der Waals surface area contributed by atoms with E-state index in [0.29, 0.717) is 0 Å². The number of nitrogens with zero attached hydrogens (tertiary/aromatic N) is 1. The highest BCUT2D eigenvalue weighted by molar-refractivity contribution is 6.02. The Morgan fingerprint density at radius 3 is 1.24 bits per heavy atom. The van der Waals surface area contributed by atoms with Gasteiger partial charge in [-0.1, -0.05) is 291 Å². The molecule has 0 fully saturated rings. The van der Waals surface area contributed by atoms with Gasteiger partial charge in [-0.3, -0.25) is 0 Å². The van der Waals surface area contributed by atoms with E-state index in [1.54, 1.807) is 0 Å². The molecule has 3 aliphatic carbocycles. The van der Waals surface area contributed by atoms with Crippen LogP contribution >= 0.6 is 0 Å². The first-order valence-electron chi connectivity index (χ1n) is 30.6. The standard InChI is InChI=1S/C86H58N2/c1-4-24-58(25-5-1)59-43-48-64(49-44-59)88(66-52-54-73-72-35-16-20-40-79(72)86(82(73)57-66)77-38-18-14-33-70(77)71-34-15-19-39-78(71)86)65-50-45-60(46-51-65)67-30-10-11-31-68(67)61-47-53-74-69-32-12-13-36-75(69)84-76-37-17-21-41-80(76)85(62-26-6-2-7-27-62,63-28-8-3-9-29-63)81(84)42-22-23-55-87-83(74)56-61/h1-57,87H/b42-22-,55-23+. The monoisotopic (exact) mass is 1120 g/mol. The van der Waals surface area contributed by atoms with E-state index >= 15 is 0 Å². The highest BCUT2D eigenvalue weighted by Gasteiger charge is 2.52. The van der Waals surface area contributed by atoms with Crippen LogP contribution in [0.3, 0.4) is 0 Å². The number of hydrogen-bond donors (Lipinski definition) is 1. The van der Waals surface area contributed by atoms with E-state index in [0.717, 1.165) is 50.6 Å². The summed E-state index contributed by atoms with van der Waals surface area (Å²) >= 11 is 0. The zero-order valence-electron chi connectivity index (χ0n) is 48.4. The van der Waals surface area contributed by atoms with Gasteiger partial charge in [0.15, 0.2) is 0 Å². The quantitative estimate of drug-likeness (QED) is 0.163. The summed E-state index contributed by atoms with van der Waals surface area (Å²) < 4.78 is 0. The number of rotatable bonds is 8. The number of allylic oxidation sites excluding steroid dienone is 4. The summed E-state index contributed by atoms with van der Waals surface area (Å²) in [7, 11) is 0. The highest BCUT2D eigenvalue weighted by Crippen LogP contribution is 2.64. The highest BCUT2D eigenvalue weighted by atomic mass is 15.1. The Hall–Kier alpha value is -11.3. The van der Waals surface area contributed by atoms with Gasteiger partial charge in [-0.2, -0.15) is 0 Å². The van der Waals surface area contributed by atoms with Crippen molar-refractivity contribution in [2.45, 2.75) is 10.8 Å². The second-order valence-electron chi connectivity index (χ2n) is 23.4. The number of nitrogens with one attached hydrogen (secondary N) is 1. The molecule has 0 saturated heterocycles. The van der Waals surface area contributed by atoms with Crippen LogP contribution in [-0.4, -0.2) is 0 Å². The molecule has 1 heterocycles. The maximum atomic E-state index is 3.79. The van der Waals surface area contributed by atoms with Crippen LogP contribution in [-0.2, 0) is 10.8 Å². The van der Waals surface area contributed by atoms with E-state index in [-0.39, 0.29) is 0 Å². The molecule has 0 saturated carbocycles. The zero-order chi connectivity index (χ0) is 58.2. The van der Waals surface area contributed by atoms with Crippen molar-refractivity contribution in [1.82, 2.24) is 0 Å². The van der Waals surface area contributed by atoms with Crippen LogP contribution in [0.15, 0.2) is 352 Å². The molecule has 0 radical (unpaired) electrons. The van der Waals surface area contributed by atoms with Gasteiger partial charge >= 0.3 is 0 Å². The van der Waals surface area contributed by atoms with Gasteiger partial charge in [0.05, 0.1) is 10.8 Å². The Morgan fingerprint density at radius 1 is 0.250 bits per heavy atom. The van der Waals surface area contributed by atoms with E-state index in [1.165, 1.54) is 100 Å². The van der Waals surface area contributed by atoms with Gasteiger partial charge in [0.1, 0.15) is 0 Å². The van der Waals surface area contributed by atoms with E-state index in [4.69, 9.17) is 0 Å². The number of anilines is 4. The third-order valence-electron chi connectivity index (χ3n) is 19.0. The molecule has 0 aromatic heterocycles. The van der Waals surface area contributed by atoms with Crippen LogP contribution in [0.1, 0.15) is 50.1 Å². The molecule has 0 unspecified atom stereocenters. The smallest absolute Gasteiger partial charge is 0.0726 e. The van der Waals surface area contributed by atoms with Crippen LogP contribution in [0.2, 0.25) is 0 Å². The van der Waals surface area contributed by atoms with Crippen molar-refractivity contribution in [2.75, 3.05) is 10.2 Å². The maximum absolute atomic E-state index is 3.79. The first-order chi connectivity index (χ1) is 43.7. The summed E-state index contributed by atoms with van der Waals surface area (Å²) in [6, 6.07) is 119. The summed E-state index contributed by atoms with van der Waals surface area (Å²) in [6.07, 6.45) is 8.78. The normalized spacial score (nSPS) is 14.8. The lowest BCUT2D eigenvalue weighted by Gasteiger charge is -2.35. The van der Waals surface area contributed by atoms with Gasteiger partial charge in [-0.25, -0.2) is 0 Å². The van der Waals surface area contributed by atoms with Crippen LogP contribution < -0.4 is 10.2 Å². The van der Waals surface area contributed by atoms with E-state index in [1.807, 2.05) is 0 Å². The van der Waals surface area contributed by atoms with Crippen molar-refractivity contribution in [3.8, 4) is 66.8 Å². The molecule has 0 atom stereocenters. The van der Waals surface area contributed by atoms with Crippen LogP contribution in [0.4, 0.5) is 22.7 Å². The van der Waals surface area contributed by atoms with Crippen molar-refractivity contribution in [2.24, 2.45) is 0 Å². The van der Waals surface area contributed by atoms with E-state index in [2.05, 4.69) is 356 Å². The molecule has 17 rings (SSSR count). The second kappa shape index (κ2) is 20.7. The molecule has 1 spiro atoms. The van der Waals surface area contributed by atoms with Crippen molar-refractivity contribution >= 4 is 28.3 Å². The molecule has 0 bridgehead atoms. The first kappa shape index (κ1) is 51.1. The first-order valence-corrected chi connectivity index (χ1v) is 30.6.